The van der Waals surface area contributed by atoms with Crippen LogP contribution in [0, 0.1) is 0 Å². The summed E-state index contributed by atoms with van der Waals surface area (Å²) in [6.45, 7) is 0.671. The molecular formula is C22H19FN4O. The van der Waals surface area contributed by atoms with Gasteiger partial charge in [-0.15, -0.1) is 0 Å². The second kappa shape index (κ2) is 6.41. The molecule has 2 aliphatic rings. The van der Waals surface area contributed by atoms with E-state index >= 15 is 0 Å². The summed E-state index contributed by atoms with van der Waals surface area (Å²) in [7, 11) is 1.90. The second-order valence-electron chi connectivity index (χ2n) is 7.37. The fraction of sp³-hybridized carbons (Fsp3) is 0.227. The second-order valence-corrected chi connectivity index (χ2v) is 7.37. The van der Waals surface area contributed by atoms with Gasteiger partial charge in [-0.2, -0.15) is 5.10 Å². The van der Waals surface area contributed by atoms with Crippen LogP contribution in [0.15, 0.2) is 66.3 Å². The van der Waals surface area contributed by atoms with Crippen LogP contribution in [0.1, 0.15) is 34.0 Å². The Morgan fingerprint density at radius 2 is 2.18 bits per heavy atom. The maximum Gasteiger partial charge on any atom is 0.256 e. The molecule has 0 saturated heterocycles. The molecule has 0 spiro atoms. The van der Waals surface area contributed by atoms with Crippen molar-refractivity contribution in [2.75, 3.05) is 6.54 Å². The Bertz CT molecular complexity index is 1160. The maximum atomic E-state index is 14.5. The number of aromatic nitrogens is 3. The Kier molecular flexibility index (Phi) is 3.86. The van der Waals surface area contributed by atoms with Crippen molar-refractivity contribution in [3.63, 3.8) is 0 Å². The molecular weight excluding hydrogens is 355 g/mol. The van der Waals surface area contributed by atoms with E-state index < -0.39 is 0 Å². The van der Waals surface area contributed by atoms with Gasteiger partial charge in [-0.25, -0.2) is 4.39 Å². The van der Waals surface area contributed by atoms with E-state index in [-0.39, 0.29) is 24.2 Å². The van der Waals surface area contributed by atoms with Crippen LogP contribution in [0.25, 0.3) is 10.9 Å². The Balaban J connectivity index is 1.41. The third-order valence-corrected chi connectivity index (χ3v) is 5.44. The summed E-state index contributed by atoms with van der Waals surface area (Å²) >= 11 is 0. The van der Waals surface area contributed by atoms with Crippen molar-refractivity contribution in [3.05, 3.63) is 83.1 Å². The van der Waals surface area contributed by atoms with Crippen LogP contribution in [0.5, 0.6) is 0 Å². The third kappa shape index (κ3) is 2.81. The zero-order valence-electron chi connectivity index (χ0n) is 15.5. The van der Waals surface area contributed by atoms with E-state index in [0.717, 1.165) is 22.2 Å². The van der Waals surface area contributed by atoms with Gasteiger partial charge in [-0.1, -0.05) is 18.2 Å². The Morgan fingerprint density at radius 3 is 3.04 bits per heavy atom. The molecule has 1 unspecified atom stereocenters. The van der Waals surface area contributed by atoms with Gasteiger partial charge in [0, 0.05) is 42.9 Å². The van der Waals surface area contributed by atoms with Crippen molar-refractivity contribution < 1.29 is 9.18 Å². The number of hydrogen-bond acceptors (Lipinski definition) is 3. The maximum absolute atomic E-state index is 14.5. The Labute approximate surface area is 161 Å². The lowest BCUT2D eigenvalue weighted by Gasteiger charge is -2.22. The van der Waals surface area contributed by atoms with Crippen LogP contribution in [0.3, 0.4) is 0 Å². The van der Waals surface area contributed by atoms with E-state index in [1.807, 2.05) is 25.4 Å². The molecule has 28 heavy (non-hydrogen) atoms. The fourth-order valence-electron chi connectivity index (χ4n) is 4.01. The summed E-state index contributed by atoms with van der Waals surface area (Å²) in [6.07, 6.45) is 7.83. The van der Waals surface area contributed by atoms with Crippen molar-refractivity contribution >= 4 is 16.8 Å². The quantitative estimate of drug-likeness (QED) is 0.699. The molecule has 0 fully saturated rings. The number of carbonyl (C=O) groups is 1. The molecule has 5 nitrogen and oxygen atoms in total. The molecule has 3 aromatic rings. The number of amides is 1. The zero-order chi connectivity index (χ0) is 19.3. The first kappa shape index (κ1) is 16.9. The van der Waals surface area contributed by atoms with E-state index in [4.69, 9.17) is 0 Å². The van der Waals surface area contributed by atoms with Gasteiger partial charge in [-0.3, -0.25) is 14.5 Å². The average molecular weight is 374 g/mol. The lowest BCUT2D eigenvalue weighted by atomic mass is 9.88. The van der Waals surface area contributed by atoms with Gasteiger partial charge in [0.25, 0.3) is 5.91 Å². The van der Waals surface area contributed by atoms with Crippen LogP contribution in [0.4, 0.5) is 4.39 Å². The standard InChI is InChI=1S/C22H19FN4O/c1-26-11-16-5-4-15(10-20(16)25-26)14-6-7-19(23)17(9-14)12-27-13-21-18(22(27)28)3-2-8-24-21/h2-5,7-11,14H,6,12-13H2,1H3. The smallest absolute Gasteiger partial charge is 0.256 e. The highest BCUT2D eigenvalue weighted by Gasteiger charge is 2.30. The molecule has 3 heterocycles. The van der Waals surface area contributed by atoms with Gasteiger partial charge < -0.3 is 4.90 Å². The molecule has 0 N–H and O–H groups in total. The normalized spacial score (nSPS) is 19.0. The summed E-state index contributed by atoms with van der Waals surface area (Å²) in [5.74, 6) is -0.264. The first-order valence-electron chi connectivity index (χ1n) is 9.32. The molecule has 6 heteroatoms. The lowest BCUT2D eigenvalue weighted by Crippen LogP contribution is -2.27. The van der Waals surface area contributed by atoms with Crippen molar-refractivity contribution in [1.29, 1.82) is 0 Å². The minimum atomic E-state index is -0.244. The third-order valence-electron chi connectivity index (χ3n) is 5.44. The molecule has 1 aliphatic heterocycles. The summed E-state index contributed by atoms with van der Waals surface area (Å²) in [5, 5.41) is 5.55. The number of nitrogens with zero attached hydrogens (tertiary/aromatic N) is 4. The molecule has 1 aliphatic carbocycles. The largest absolute Gasteiger partial charge is 0.328 e. The van der Waals surface area contributed by atoms with Gasteiger partial charge in [0.15, 0.2) is 0 Å². The van der Waals surface area contributed by atoms with Crippen LogP contribution < -0.4 is 0 Å². The minimum Gasteiger partial charge on any atom is -0.328 e. The van der Waals surface area contributed by atoms with Gasteiger partial charge in [-0.05, 0) is 36.3 Å². The monoisotopic (exact) mass is 374 g/mol. The van der Waals surface area contributed by atoms with Crippen LogP contribution in [-0.2, 0) is 13.6 Å². The molecule has 1 atom stereocenters. The van der Waals surface area contributed by atoms with Crippen molar-refractivity contribution in [3.8, 4) is 0 Å². The summed E-state index contributed by atoms with van der Waals surface area (Å²) < 4.78 is 16.3. The van der Waals surface area contributed by atoms with Gasteiger partial charge in [0.05, 0.1) is 23.3 Å². The average Bonchev–Trinajstić information content (AvgIpc) is 3.22. The minimum absolute atomic E-state index is 0.0686. The number of allylic oxidation sites excluding steroid dienone is 2. The van der Waals surface area contributed by atoms with E-state index in [1.54, 1.807) is 34.0 Å². The molecule has 1 aromatic carbocycles. The van der Waals surface area contributed by atoms with E-state index in [1.165, 1.54) is 0 Å². The van der Waals surface area contributed by atoms with Gasteiger partial charge >= 0.3 is 0 Å². The van der Waals surface area contributed by atoms with E-state index in [2.05, 4.69) is 22.2 Å². The highest BCUT2D eigenvalue weighted by atomic mass is 19.1. The predicted octanol–water partition coefficient (Wildman–Crippen LogP) is 3.89. The van der Waals surface area contributed by atoms with Crippen molar-refractivity contribution in [2.45, 2.75) is 18.9 Å². The lowest BCUT2D eigenvalue weighted by molar-refractivity contribution is 0.0791. The fourth-order valence-corrected chi connectivity index (χ4v) is 4.01. The van der Waals surface area contributed by atoms with Crippen LogP contribution in [0.2, 0.25) is 0 Å². The topological polar surface area (TPSA) is 51.0 Å². The molecule has 5 rings (SSSR count). The number of fused-ring (bicyclic) bond motifs is 2. The van der Waals surface area contributed by atoms with E-state index in [9.17, 15) is 9.18 Å². The number of aryl methyl sites for hydroxylation is 1. The zero-order valence-corrected chi connectivity index (χ0v) is 15.5. The van der Waals surface area contributed by atoms with E-state index in [0.29, 0.717) is 24.1 Å². The molecule has 140 valence electrons. The summed E-state index contributed by atoms with van der Waals surface area (Å²) in [6, 6.07) is 9.71. The first-order chi connectivity index (χ1) is 13.6. The Hall–Kier alpha value is -3.28. The number of pyridine rings is 1. The van der Waals surface area contributed by atoms with Gasteiger partial charge in [0.1, 0.15) is 5.83 Å². The first-order valence-corrected chi connectivity index (χ1v) is 9.32. The highest BCUT2D eigenvalue weighted by molar-refractivity contribution is 5.97. The summed E-state index contributed by atoms with van der Waals surface area (Å²) in [4.78, 5) is 18.5. The molecule has 0 bridgehead atoms. The van der Waals surface area contributed by atoms with Crippen molar-refractivity contribution in [2.24, 2.45) is 7.05 Å². The summed E-state index contributed by atoms with van der Waals surface area (Å²) in [5.41, 5.74) is 3.95. The predicted molar refractivity (Wildman–Crippen MR) is 104 cm³/mol. The van der Waals surface area contributed by atoms with Gasteiger partial charge in [0.2, 0.25) is 0 Å². The number of hydrogen-bond donors (Lipinski definition) is 0. The molecule has 0 radical (unpaired) electrons. The van der Waals surface area contributed by atoms with Crippen molar-refractivity contribution in [1.82, 2.24) is 19.7 Å². The number of carbonyl (C=O) groups excluding carboxylic acids is 1. The van der Waals surface area contributed by atoms with Crippen LogP contribution in [-0.4, -0.2) is 32.1 Å². The SMILES string of the molecule is Cn1cc2ccc(C3C=C(CN4Cc5ncccc5C4=O)C(F)=CC3)cc2n1. The number of benzene rings is 1. The number of halogens is 1. The molecule has 2 aromatic heterocycles. The molecule has 0 saturated carbocycles. The highest BCUT2D eigenvalue weighted by Crippen LogP contribution is 2.34. The number of rotatable bonds is 3. The van der Waals surface area contributed by atoms with Crippen LogP contribution >= 0.6 is 0 Å². The Morgan fingerprint density at radius 1 is 1.29 bits per heavy atom. The molecule has 1 amide bonds.